The molecule has 4 heteroatoms. The summed E-state index contributed by atoms with van der Waals surface area (Å²) in [6, 6.07) is 11.5. The first kappa shape index (κ1) is 19.9. The predicted molar refractivity (Wildman–Crippen MR) is 112 cm³/mol. The minimum atomic E-state index is 0.164. The number of piperidine rings is 1. The van der Waals surface area contributed by atoms with Gasteiger partial charge in [0.15, 0.2) is 0 Å². The minimum absolute atomic E-state index is 0.164. The van der Waals surface area contributed by atoms with Crippen LogP contribution in [0, 0.1) is 11.8 Å². The molecule has 0 unspecified atom stereocenters. The fraction of sp³-hybridized carbons (Fsp3) is 0.708. The maximum absolute atomic E-state index is 12.5. The SMILES string of the molecule is O=C(NC1CCN(C[C@@H](c2ccccc2)C2CCCC2)CC1)C1CCOCC1. The van der Waals surface area contributed by atoms with E-state index in [0.717, 1.165) is 57.9 Å². The molecule has 2 aliphatic heterocycles. The van der Waals surface area contributed by atoms with Crippen molar-refractivity contribution >= 4 is 5.91 Å². The molecule has 0 spiro atoms. The fourth-order valence-corrected chi connectivity index (χ4v) is 5.40. The molecule has 1 atom stereocenters. The molecular weight excluding hydrogens is 348 g/mol. The third-order valence-electron chi connectivity index (χ3n) is 7.18. The summed E-state index contributed by atoms with van der Waals surface area (Å²) in [5, 5.41) is 3.33. The topological polar surface area (TPSA) is 41.6 Å². The van der Waals surface area contributed by atoms with E-state index in [-0.39, 0.29) is 11.8 Å². The van der Waals surface area contributed by atoms with Crippen molar-refractivity contribution in [1.82, 2.24) is 10.2 Å². The van der Waals surface area contributed by atoms with Crippen molar-refractivity contribution in [3.8, 4) is 0 Å². The Bertz CT molecular complexity index is 600. The van der Waals surface area contributed by atoms with Crippen LogP contribution in [0.5, 0.6) is 0 Å². The molecule has 3 aliphatic rings. The van der Waals surface area contributed by atoms with Crippen molar-refractivity contribution in [3.63, 3.8) is 0 Å². The number of nitrogens with one attached hydrogen (secondary N) is 1. The molecule has 2 saturated heterocycles. The van der Waals surface area contributed by atoms with Crippen LogP contribution in [-0.4, -0.2) is 49.7 Å². The number of carbonyl (C=O) groups excluding carboxylic acids is 1. The van der Waals surface area contributed by atoms with Crippen molar-refractivity contribution in [1.29, 1.82) is 0 Å². The molecule has 1 aromatic carbocycles. The summed E-state index contributed by atoms with van der Waals surface area (Å²) in [5.41, 5.74) is 1.52. The largest absolute Gasteiger partial charge is 0.381 e. The van der Waals surface area contributed by atoms with Gasteiger partial charge in [-0.1, -0.05) is 43.2 Å². The van der Waals surface area contributed by atoms with Gasteiger partial charge in [-0.25, -0.2) is 0 Å². The Labute approximate surface area is 170 Å². The van der Waals surface area contributed by atoms with Crippen LogP contribution >= 0.6 is 0 Å². The van der Waals surface area contributed by atoms with Crippen LogP contribution in [0.4, 0.5) is 0 Å². The summed E-state index contributed by atoms with van der Waals surface area (Å²) in [5.74, 6) is 1.93. The highest BCUT2D eigenvalue weighted by Crippen LogP contribution is 2.38. The van der Waals surface area contributed by atoms with Crippen LogP contribution in [0.3, 0.4) is 0 Å². The van der Waals surface area contributed by atoms with Crippen molar-refractivity contribution in [2.24, 2.45) is 11.8 Å². The molecule has 28 heavy (non-hydrogen) atoms. The standard InChI is InChI=1S/C24H36N2O2/c27-24(21-12-16-28-17-13-21)25-22-10-14-26(15-11-22)18-23(20-8-4-5-9-20)19-6-2-1-3-7-19/h1-3,6-7,20-23H,4-5,8-18H2,(H,25,27)/t23-/m0/s1. The van der Waals surface area contributed by atoms with E-state index in [4.69, 9.17) is 4.74 Å². The molecule has 154 valence electrons. The molecule has 0 bridgehead atoms. The molecule has 4 nitrogen and oxygen atoms in total. The lowest BCUT2D eigenvalue weighted by Gasteiger charge is -2.37. The van der Waals surface area contributed by atoms with Gasteiger partial charge in [-0.15, -0.1) is 0 Å². The average Bonchev–Trinajstić information content (AvgIpc) is 3.29. The highest BCUT2D eigenvalue weighted by atomic mass is 16.5. The van der Waals surface area contributed by atoms with Crippen molar-refractivity contribution in [2.45, 2.75) is 63.3 Å². The van der Waals surface area contributed by atoms with Gasteiger partial charge in [0.1, 0.15) is 0 Å². The summed E-state index contributed by atoms with van der Waals surface area (Å²) < 4.78 is 5.38. The summed E-state index contributed by atoms with van der Waals surface area (Å²) in [7, 11) is 0. The number of amides is 1. The third kappa shape index (κ3) is 5.15. The van der Waals surface area contributed by atoms with Gasteiger partial charge in [-0.05, 0) is 55.9 Å². The number of rotatable bonds is 6. The van der Waals surface area contributed by atoms with E-state index in [9.17, 15) is 4.79 Å². The average molecular weight is 385 g/mol. The predicted octanol–water partition coefficient (Wildman–Crippen LogP) is 3.97. The first-order valence-electron chi connectivity index (χ1n) is 11.4. The molecule has 1 saturated carbocycles. The zero-order chi connectivity index (χ0) is 19.2. The quantitative estimate of drug-likeness (QED) is 0.807. The van der Waals surface area contributed by atoms with Gasteiger partial charge in [0, 0.05) is 44.8 Å². The molecule has 4 rings (SSSR count). The van der Waals surface area contributed by atoms with Gasteiger partial charge in [0.2, 0.25) is 5.91 Å². The lowest BCUT2D eigenvalue weighted by atomic mass is 9.84. The van der Waals surface area contributed by atoms with Crippen LogP contribution in [0.2, 0.25) is 0 Å². The summed E-state index contributed by atoms with van der Waals surface area (Å²) in [6.07, 6.45) is 9.49. The van der Waals surface area contributed by atoms with E-state index in [0.29, 0.717) is 12.0 Å². The maximum Gasteiger partial charge on any atom is 0.223 e. The molecule has 2 heterocycles. The number of hydrogen-bond acceptors (Lipinski definition) is 3. The Morgan fingerprint density at radius 1 is 1.00 bits per heavy atom. The number of hydrogen-bond donors (Lipinski definition) is 1. The molecular formula is C24H36N2O2. The van der Waals surface area contributed by atoms with Gasteiger partial charge in [0.25, 0.3) is 0 Å². The van der Waals surface area contributed by atoms with E-state index in [1.807, 2.05) is 0 Å². The Hall–Kier alpha value is -1.39. The fourth-order valence-electron chi connectivity index (χ4n) is 5.40. The molecule has 1 aromatic rings. The maximum atomic E-state index is 12.5. The normalized spacial score (nSPS) is 24.3. The van der Waals surface area contributed by atoms with Crippen LogP contribution in [-0.2, 0) is 9.53 Å². The Morgan fingerprint density at radius 2 is 1.68 bits per heavy atom. The smallest absolute Gasteiger partial charge is 0.223 e. The summed E-state index contributed by atoms with van der Waals surface area (Å²) in [6.45, 7) is 4.86. The van der Waals surface area contributed by atoms with Crippen molar-refractivity contribution in [2.75, 3.05) is 32.8 Å². The van der Waals surface area contributed by atoms with E-state index >= 15 is 0 Å². The lowest BCUT2D eigenvalue weighted by Crippen LogP contribution is -2.47. The van der Waals surface area contributed by atoms with Gasteiger partial charge in [-0.2, -0.15) is 0 Å². The zero-order valence-electron chi connectivity index (χ0n) is 17.2. The van der Waals surface area contributed by atoms with Gasteiger partial charge < -0.3 is 15.0 Å². The highest BCUT2D eigenvalue weighted by Gasteiger charge is 2.30. The molecule has 3 fully saturated rings. The minimum Gasteiger partial charge on any atom is -0.381 e. The summed E-state index contributed by atoms with van der Waals surface area (Å²) in [4.78, 5) is 15.2. The van der Waals surface area contributed by atoms with Crippen LogP contribution in [0.1, 0.15) is 62.8 Å². The van der Waals surface area contributed by atoms with Gasteiger partial charge in [0.05, 0.1) is 0 Å². The molecule has 0 radical (unpaired) electrons. The van der Waals surface area contributed by atoms with E-state index < -0.39 is 0 Å². The lowest BCUT2D eigenvalue weighted by molar-refractivity contribution is -0.128. The van der Waals surface area contributed by atoms with Crippen LogP contribution < -0.4 is 5.32 Å². The number of carbonyl (C=O) groups is 1. The monoisotopic (exact) mass is 384 g/mol. The Kier molecular flexibility index (Phi) is 7.03. The Morgan fingerprint density at radius 3 is 2.36 bits per heavy atom. The van der Waals surface area contributed by atoms with E-state index in [2.05, 4.69) is 40.5 Å². The second-order valence-electron chi connectivity index (χ2n) is 9.03. The second-order valence-corrected chi connectivity index (χ2v) is 9.03. The molecule has 1 aliphatic carbocycles. The second kappa shape index (κ2) is 9.89. The van der Waals surface area contributed by atoms with Crippen LogP contribution in [0.15, 0.2) is 30.3 Å². The van der Waals surface area contributed by atoms with Crippen molar-refractivity contribution in [3.05, 3.63) is 35.9 Å². The molecule has 1 N–H and O–H groups in total. The van der Waals surface area contributed by atoms with Crippen molar-refractivity contribution < 1.29 is 9.53 Å². The van der Waals surface area contributed by atoms with Gasteiger partial charge in [-0.3, -0.25) is 4.79 Å². The number of nitrogens with zero attached hydrogens (tertiary/aromatic N) is 1. The van der Waals surface area contributed by atoms with Gasteiger partial charge >= 0.3 is 0 Å². The first-order valence-corrected chi connectivity index (χ1v) is 11.4. The number of benzene rings is 1. The van der Waals surface area contributed by atoms with E-state index in [1.54, 1.807) is 0 Å². The highest BCUT2D eigenvalue weighted by molar-refractivity contribution is 5.79. The number of likely N-dealkylation sites (tertiary alicyclic amines) is 1. The van der Waals surface area contributed by atoms with E-state index in [1.165, 1.54) is 37.8 Å². The van der Waals surface area contributed by atoms with Crippen LogP contribution in [0.25, 0.3) is 0 Å². The first-order chi connectivity index (χ1) is 13.8. The third-order valence-corrected chi connectivity index (χ3v) is 7.18. The molecule has 1 amide bonds. The number of ether oxygens (including phenoxy) is 1. The summed E-state index contributed by atoms with van der Waals surface area (Å²) >= 11 is 0. The zero-order valence-corrected chi connectivity index (χ0v) is 17.2. The molecule has 0 aromatic heterocycles. The Balaban J connectivity index is 1.28.